The predicted octanol–water partition coefficient (Wildman–Crippen LogP) is 0.480. The van der Waals surface area contributed by atoms with Gasteiger partial charge in [-0.05, 0) is 12.1 Å². The lowest BCUT2D eigenvalue weighted by atomic mass is 10.3. The molecule has 6 nitrogen and oxygen atoms in total. The Labute approximate surface area is 92.0 Å². The molecule has 0 aliphatic heterocycles. The molecule has 6 heteroatoms. The van der Waals surface area contributed by atoms with Gasteiger partial charge in [-0.3, -0.25) is 0 Å². The summed E-state index contributed by atoms with van der Waals surface area (Å²) in [4.78, 5) is 33.4. The maximum absolute atomic E-state index is 11.5. The molecule has 0 saturated carbocycles. The van der Waals surface area contributed by atoms with Gasteiger partial charge in [-0.25, -0.2) is 14.5 Å². The van der Waals surface area contributed by atoms with Crippen LogP contribution in [0.1, 0.15) is 0 Å². The minimum Gasteiger partial charge on any atom is -0.351 e. The molecule has 0 heterocycles. The lowest BCUT2D eigenvalue weighted by Crippen LogP contribution is -2.47. The van der Waals surface area contributed by atoms with Crippen LogP contribution in [-0.2, 0) is 4.79 Å². The van der Waals surface area contributed by atoms with Gasteiger partial charge in [0.2, 0.25) is 0 Å². The molecule has 1 rings (SSSR count). The van der Waals surface area contributed by atoms with Gasteiger partial charge in [0.15, 0.2) is 0 Å². The summed E-state index contributed by atoms with van der Waals surface area (Å²) < 4.78 is 0. The van der Waals surface area contributed by atoms with Crippen LogP contribution in [0.3, 0.4) is 0 Å². The maximum atomic E-state index is 11.5. The second kappa shape index (κ2) is 5.50. The number of hydrogen-bond acceptors (Lipinski definition) is 3. The minimum atomic E-state index is -0.908. The highest BCUT2D eigenvalue weighted by atomic mass is 16.2. The number of hydrogen-bond donors (Lipinski definition) is 2. The Kier molecular flexibility index (Phi) is 4.02. The smallest absolute Gasteiger partial charge is 0.330 e. The second-order valence-electron chi connectivity index (χ2n) is 2.86. The highest BCUT2D eigenvalue weighted by Crippen LogP contribution is 2.12. The molecule has 3 N–H and O–H groups in total. The SMILES string of the molecule is NC(=O)N(C(=O)NCC=O)c1ccccc1. The Balaban J connectivity index is 2.88. The molecule has 0 saturated heterocycles. The maximum Gasteiger partial charge on any atom is 0.330 e. The van der Waals surface area contributed by atoms with Gasteiger partial charge in [0.05, 0.1) is 12.2 Å². The zero-order valence-corrected chi connectivity index (χ0v) is 8.42. The first kappa shape index (κ1) is 11.7. The summed E-state index contributed by atoms with van der Waals surface area (Å²) in [5, 5.41) is 2.23. The van der Waals surface area contributed by atoms with Crippen molar-refractivity contribution in [3.8, 4) is 0 Å². The van der Waals surface area contributed by atoms with Crippen molar-refractivity contribution in [2.75, 3.05) is 11.4 Å². The number of nitrogens with one attached hydrogen (secondary N) is 1. The van der Waals surface area contributed by atoms with Crippen LogP contribution in [0.15, 0.2) is 30.3 Å². The average molecular weight is 221 g/mol. The fourth-order valence-corrected chi connectivity index (χ4v) is 1.13. The number of amides is 4. The van der Waals surface area contributed by atoms with Crippen molar-refractivity contribution >= 4 is 24.0 Å². The molecule has 0 aliphatic carbocycles. The van der Waals surface area contributed by atoms with Crippen LogP contribution in [0.4, 0.5) is 15.3 Å². The third-order valence-electron chi connectivity index (χ3n) is 1.77. The molecular formula is C10H11N3O3. The van der Waals surface area contributed by atoms with Crippen LogP contribution < -0.4 is 16.0 Å². The number of carbonyl (C=O) groups is 3. The van der Waals surface area contributed by atoms with E-state index in [9.17, 15) is 14.4 Å². The van der Waals surface area contributed by atoms with Crippen LogP contribution in [0.25, 0.3) is 0 Å². The fourth-order valence-electron chi connectivity index (χ4n) is 1.13. The van der Waals surface area contributed by atoms with Crippen molar-refractivity contribution in [2.24, 2.45) is 5.73 Å². The summed E-state index contributed by atoms with van der Waals surface area (Å²) in [7, 11) is 0. The van der Waals surface area contributed by atoms with E-state index < -0.39 is 12.1 Å². The van der Waals surface area contributed by atoms with Crippen molar-refractivity contribution in [1.82, 2.24) is 5.32 Å². The van der Waals surface area contributed by atoms with Crippen LogP contribution in [0.5, 0.6) is 0 Å². The Morgan fingerprint density at radius 2 is 1.94 bits per heavy atom. The molecule has 84 valence electrons. The topological polar surface area (TPSA) is 92.5 Å². The number of nitrogens with two attached hydrogens (primary N) is 1. The zero-order chi connectivity index (χ0) is 12.0. The van der Waals surface area contributed by atoms with Gasteiger partial charge in [-0.15, -0.1) is 0 Å². The van der Waals surface area contributed by atoms with Crippen LogP contribution in [-0.4, -0.2) is 24.9 Å². The monoisotopic (exact) mass is 221 g/mol. The molecule has 0 aliphatic rings. The van der Waals surface area contributed by atoms with Gasteiger partial charge in [0, 0.05) is 0 Å². The Bertz CT molecular complexity index is 392. The number of carbonyl (C=O) groups excluding carboxylic acids is 3. The van der Waals surface area contributed by atoms with E-state index in [-0.39, 0.29) is 6.54 Å². The number of aldehydes is 1. The number of rotatable bonds is 3. The van der Waals surface area contributed by atoms with Gasteiger partial charge in [-0.2, -0.15) is 0 Å². The van der Waals surface area contributed by atoms with Crippen molar-refractivity contribution < 1.29 is 14.4 Å². The van der Waals surface area contributed by atoms with Crippen LogP contribution in [0, 0.1) is 0 Å². The summed E-state index contributed by atoms with van der Waals surface area (Å²) in [6.45, 7) is -0.171. The van der Waals surface area contributed by atoms with E-state index in [0.29, 0.717) is 12.0 Å². The first-order valence-corrected chi connectivity index (χ1v) is 4.53. The summed E-state index contributed by atoms with van der Waals surface area (Å²) in [5.41, 5.74) is 5.42. The lowest BCUT2D eigenvalue weighted by Gasteiger charge is -2.18. The van der Waals surface area contributed by atoms with E-state index in [1.165, 1.54) is 0 Å². The number of primary amides is 1. The highest BCUT2D eigenvalue weighted by molar-refractivity contribution is 6.13. The number of imide groups is 1. The minimum absolute atomic E-state index is 0.171. The standard InChI is InChI=1S/C10H11N3O3/c11-9(15)13(10(16)12-6-7-14)8-4-2-1-3-5-8/h1-5,7H,6H2,(H2,11,15)(H,12,16). The van der Waals surface area contributed by atoms with Crippen molar-refractivity contribution in [3.63, 3.8) is 0 Å². The largest absolute Gasteiger partial charge is 0.351 e. The number of para-hydroxylation sites is 1. The zero-order valence-electron chi connectivity index (χ0n) is 8.42. The molecule has 0 atom stereocenters. The quantitative estimate of drug-likeness (QED) is 0.727. The summed E-state index contributed by atoms with van der Waals surface area (Å²) >= 11 is 0. The molecule has 0 radical (unpaired) electrons. The molecule has 1 aromatic rings. The first-order chi connectivity index (χ1) is 7.66. The molecular weight excluding hydrogens is 210 g/mol. The second-order valence-corrected chi connectivity index (χ2v) is 2.86. The molecule has 0 fully saturated rings. The number of anilines is 1. The van der Waals surface area contributed by atoms with Gasteiger partial charge in [0.1, 0.15) is 6.29 Å². The van der Waals surface area contributed by atoms with E-state index in [2.05, 4.69) is 5.32 Å². The van der Waals surface area contributed by atoms with E-state index in [0.717, 1.165) is 4.90 Å². The molecule has 0 aromatic heterocycles. The normalized spacial score (nSPS) is 9.25. The van der Waals surface area contributed by atoms with Crippen molar-refractivity contribution in [3.05, 3.63) is 30.3 Å². The van der Waals surface area contributed by atoms with E-state index >= 15 is 0 Å². The summed E-state index contributed by atoms with van der Waals surface area (Å²) in [5.74, 6) is 0. The van der Waals surface area contributed by atoms with Crippen molar-refractivity contribution in [1.29, 1.82) is 0 Å². The van der Waals surface area contributed by atoms with E-state index in [1.54, 1.807) is 30.3 Å². The molecule has 4 amide bonds. The van der Waals surface area contributed by atoms with Gasteiger partial charge in [0.25, 0.3) is 0 Å². The Morgan fingerprint density at radius 3 is 2.44 bits per heavy atom. The van der Waals surface area contributed by atoms with E-state index in [4.69, 9.17) is 5.73 Å². The predicted molar refractivity (Wildman–Crippen MR) is 58.0 cm³/mol. The average Bonchev–Trinajstić information content (AvgIpc) is 2.27. The Morgan fingerprint density at radius 1 is 1.31 bits per heavy atom. The molecule has 0 bridgehead atoms. The number of benzene rings is 1. The Hall–Kier alpha value is -2.37. The third-order valence-corrected chi connectivity index (χ3v) is 1.77. The molecule has 1 aromatic carbocycles. The number of urea groups is 2. The first-order valence-electron chi connectivity index (χ1n) is 4.53. The summed E-state index contributed by atoms with van der Waals surface area (Å²) in [6, 6.07) is 6.55. The summed E-state index contributed by atoms with van der Waals surface area (Å²) in [6.07, 6.45) is 0.516. The van der Waals surface area contributed by atoms with Gasteiger partial charge < -0.3 is 15.8 Å². The lowest BCUT2D eigenvalue weighted by molar-refractivity contribution is -0.107. The van der Waals surface area contributed by atoms with Crippen LogP contribution >= 0.6 is 0 Å². The molecule has 0 unspecified atom stereocenters. The molecule has 16 heavy (non-hydrogen) atoms. The highest BCUT2D eigenvalue weighted by Gasteiger charge is 2.19. The molecule has 0 spiro atoms. The fraction of sp³-hybridized carbons (Fsp3) is 0.100. The number of nitrogens with zero attached hydrogens (tertiary/aromatic N) is 1. The van der Waals surface area contributed by atoms with Gasteiger partial charge in [-0.1, -0.05) is 18.2 Å². The van der Waals surface area contributed by atoms with Crippen LogP contribution in [0.2, 0.25) is 0 Å². The van der Waals surface area contributed by atoms with Gasteiger partial charge >= 0.3 is 12.1 Å². The van der Waals surface area contributed by atoms with E-state index in [1.807, 2.05) is 0 Å². The van der Waals surface area contributed by atoms with Crippen molar-refractivity contribution in [2.45, 2.75) is 0 Å². The third kappa shape index (κ3) is 2.81.